The molecule has 8 nitrogen and oxygen atoms in total. The molecule has 1 amide bonds. The van der Waals surface area contributed by atoms with E-state index < -0.39 is 4.92 Å². The number of carbonyl (C=O) groups excluding carboxylic acids is 1. The van der Waals surface area contributed by atoms with Gasteiger partial charge in [0.1, 0.15) is 0 Å². The average molecular weight is 406 g/mol. The predicted octanol–water partition coefficient (Wildman–Crippen LogP) is 3.66. The molecule has 1 aliphatic rings. The summed E-state index contributed by atoms with van der Waals surface area (Å²) in [6.45, 7) is 0.682. The SMILES string of the molecule is COc1ccc(C(=O)N[C@H]2CCCc3c2cnn3Cc2ccccc2)cc1[N+](=O)[O-]. The first-order valence-electron chi connectivity index (χ1n) is 9.78. The molecule has 3 aromatic rings. The molecule has 0 bridgehead atoms. The quantitative estimate of drug-likeness (QED) is 0.497. The van der Waals surface area contributed by atoms with Gasteiger partial charge in [0.2, 0.25) is 0 Å². The maximum Gasteiger partial charge on any atom is 0.311 e. The van der Waals surface area contributed by atoms with Gasteiger partial charge in [-0.3, -0.25) is 19.6 Å². The van der Waals surface area contributed by atoms with E-state index in [1.54, 1.807) is 0 Å². The van der Waals surface area contributed by atoms with Gasteiger partial charge in [0.15, 0.2) is 5.75 Å². The fourth-order valence-electron chi connectivity index (χ4n) is 3.88. The van der Waals surface area contributed by atoms with Crippen LogP contribution >= 0.6 is 0 Å². The minimum Gasteiger partial charge on any atom is -0.490 e. The van der Waals surface area contributed by atoms with E-state index >= 15 is 0 Å². The van der Waals surface area contributed by atoms with Crippen molar-refractivity contribution < 1.29 is 14.5 Å². The van der Waals surface area contributed by atoms with E-state index in [4.69, 9.17) is 4.74 Å². The molecule has 2 aromatic carbocycles. The largest absolute Gasteiger partial charge is 0.490 e. The van der Waals surface area contributed by atoms with Crippen LogP contribution in [0.25, 0.3) is 0 Å². The van der Waals surface area contributed by atoms with Crippen LogP contribution in [-0.2, 0) is 13.0 Å². The van der Waals surface area contributed by atoms with E-state index in [1.807, 2.05) is 29.1 Å². The van der Waals surface area contributed by atoms with Crippen molar-refractivity contribution in [1.29, 1.82) is 0 Å². The van der Waals surface area contributed by atoms with Crippen molar-refractivity contribution in [3.05, 3.63) is 87.2 Å². The molecule has 0 radical (unpaired) electrons. The summed E-state index contributed by atoms with van der Waals surface area (Å²) in [6.07, 6.45) is 4.45. The fraction of sp³-hybridized carbons (Fsp3) is 0.273. The number of hydrogen-bond donors (Lipinski definition) is 1. The van der Waals surface area contributed by atoms with E-state index in [2.05, 4.69) is 22.5 Å². The molecule has 0 unspecified atom stereocenters. The van der Waals surface area contributed by atoms with Gasteiger partial charge in [0, 0.05) is 22.9 Å². The molecule has 0 aliphatic heterocycles. The zero-order valence-corrected chi connectivity index (χ0v) is 16.6. The average Bonchev–Trinajstić information content (AvgIpc) is 3.17. The van der Waals surface area contributed by atoms with E-state index in [-0.39, 0.29) is 28.9 Å². The van der Waals surface area contributed by atoms with Crippen LogP contribution in [0, 0.1) is 10.1 Å². The van der Waals surface area contributed by atoms with Gasteiger partial charge in [0.25, 0.3) is 5.91 Å². The van der Waals surface area contributed by atoms with E-state index in [1.165, 1.54) is 30.9 Å². The highest BCUT2D eigenvalue weighted by molar-refractivity contribution is 5.95. The summed E-state index contributed by atoms with van der Waals surface area (Å²) in [5, 5.41) is 18.8. The summed E-state index contributed by atoms with van der Waals surface area (Å²) in [5.74, 6) is -0.229. The second kappa shape index (κ2) is 8.36. The molecule has 4 rings (SSSR count). The number of rotatable bonds is 6. The van der Waals surface area contributed by atoms with Gasteiger partial charge in [-0.1, -0.05) is 30.3 Å². The standard InChI is InChI=1S/C22H22N4O4/c1-30-21-11-10-16(12-20(21)26(28)29)22(27)24-18-8-5-9-19-17(18)13-23-25(19)14-15-6-3-2-4-7-15/h2-4,6-7,10-13,18H,5,8-9,14H2,1H3,(H,24,27)/t18-/m0/s1. The van der Waals surface area contributed by atoms with Crippen LogP contribution in [0.3, 0.4) is 0 Å². The molecule has 1 atom stereocenters. The Balaban J connectivity index is 1.54. The van der Waals surface area contributed by atoms with Gasteiger partial charge in [-0.25, -0.2) is 0 Å². The zero-order valence-electron chi connectivity index (χ0n) is 16.6. The number of nitro benzene ring substituents is 1. The van der Waals surface area contributed by atoms with Gasteiger partial charge in [0.05, 0.1) is 30.8 Å². The highest BCUT2D eigenvalue weighted by Gasteiger charge is 2.27. The molecule has 30 heavy (non-hydrogen) atoms. The highest BCUT2D eigenvalue weighted by Crippen LogP contribution is 2.31. The van der Waals surface area contributed by atoms with Gasteiger partial charge >= 0.3 is 5.69 Å². The van der Waals surface area contributed by atoms with Crippen LogP contribution in [0.1, 0.15) is 46.1 Å². The van der Waals surface area contributed by atoms with Gasteiger partial charge in [-0.2, -0.15) is 5.10 Å². The number of methoxy groups -OCH3 is 1. The predicted molar refractivity (Wildman–Crippen MR) is 111 cm³/mol. The lowest BCUT2D eigenvalue weighted by atomic mass is 9.92. The Morgan fingerprint density at radius 1 is 1.30 bits per heavy atom. The number of nitro groups is 1. The van der Waals surface area contributed by atoms with Crippen molar-refractivity contribution in [3.63, 3.8) is 0 Å². The summed E-state index contributed by atoms with van der Waals surface area (Å²) in [6, 6.07) is 14.2. The molecule has 0 saturated heterocycles. The number of nitrogens with zero attached hydrogens (tertiary/aromatic N) is 3. The number of carbonyl (C=O) groups is 1. The maximum absolute atomic E-state index is 12.8. The third-order valence-electron chi connectivity index (χ3n) is 5.38. The second-order valence-corrected chi connectivity index (χ2v) is 7.25. The van der Waals surface area contributed by atoms with Crippen molar-refractivity contribution >= 4 is 11.6 Å². The van der Waals surface area contributed by atoms with Crippen LogP contribution in [0.15, 0.2) is 54.7 Å². The first kappa shape index (κ1) is 19.6. The molecule has 0 fully saturated rings. The minimum absolute atomic E-state index is 0.124. The lowest BCUT2D eigenvalue weighted by Crippen LogP contribution is -2.31. The van der Waals surface area contributed by atoms with Gasteiger partial charge in [-0.05, 0) is 37.0 Å². The number of nitrogens with one attached hydrogen (secondary N) is 1. The molecular weight excluding hydrogens is 384 g/mol. The topological polar surface area (TPSA) is 99.3 Å². The lowest BCUT2D eigenvalue weighted by Gasteiger charge is -2.24. The van der Waals surface area contributed by atoms with Crippen LogP contribution in [0.5, 0.6) is 5.75 Å². The smallest absolute Gasteiger partial charge is 0.311 e. The summed E-state index contributed by atoms with van der Waals surface area (Å²) >= 11 is 0. The molecule has 8 heteroatoms. The molecule has 1 aromatic heterocycles. The van der Waals surface area contributed by atoms with Crippen molar-refractivity contribution in [1.82, 2.24) is 15.1 Å². The molecule has 1 aliphatic carbocycles. The molecule has 0 spiro atoms. The Labute approximate surface area is 173 Å². The summed E-state index contributed by atoms with van der Waals surface area (Å²) < 4.78 is 6.99. The third-order valence-corrected chi connectivity index (χ3v) is 5.38. The van der Waals surface area contributed by atoms with Crippen LogP contribution in [-0.4, -0.2) is 27.7 Å². The van der Waals surface area contributed by atoms with E-state index in [0.29, 0.717) is 6.54 Å². The van der Waals surface area contributed by atoms with E-state index in [0.717, 1.165) is 30.5 Å². The maximum atomic E-state index is 12.8. The highest BCUT2D eigenvalue weighted by atomic mass is 16.6. The van der Waals surface area contributed by atoms with Gasteiger partial charge < -0.3 is 10.1 Å². The van der Waals surface area contributed by atoms with Crippen molar-refractivity contribution in [3.8, 4) is 5.75 Å². The van der Waals surface area contributed by atoms with Crippen molar-refractivity contribution in [2.45, 2.75) is 31.8 Å². The van der Waals surface area contributed by atoms with Crippen molar-refractivity contribution in [2.75, 3.05) is 7.11 Å². The number of hydrogen-bond acceptors (Lipinski definition) is 5. The minimum atomic E-state index is -0.554. The molecular formula is C22H22N4O4. The normalized spacial score (nSPS) is 15.3. The van der Waals surface area contributed by atoms with Crippen LogP contribution < -0.4 is 10.1 Å². The van der Waals surface area contributed by atoms with E-state index in [9.17, 15) is 14.9 Å². The first-order valence-corrected chi connectivity index (χ1v) is 9.78. The Morgan fingerprint density at radius 3 is 2.83 bits per heavy atom. The Hall–Kier alpha value is -3.68. The summed E-state index contributed by atoms with van der Waals surface area (Å²) in [5.41, 5.74) is 3.29. The lowest BCUT2D eigenvalue weighted by molar-refractivity contribution is -0.385. The number of fused-ring (bicyclic) bond motifs is 1. The number of ether oxygens (including phenoxy) is 1. The molecule has 1 heterocycles. The number of benzene rings is 2. The zero-order chi connectivity index (χ0) is 21.1. The molecule has 0 saturated carbocycles. The molecule has 1 N–H and O–H groups in total. The van der Waals surface area contributed by atoms with Crippen LogP contribution in [0.2, 0.25) is 0 Å². The van der Waals surface area contributed by atoms with Gasteiger partial charge in [-0.15, -0.1) is 0 Å². The third kappa shape index (κ3) is 3.89. The number of aromatic nitrogens is 2. The van der Waals surface area contributed by atoms with Crippen molar-refractivity contribution in [2.24, 2.45) is 0 Å². The summed E-state index contributed by atoms with van der Waals surface area (Å²) in [4.78, 5) is 23.5. The Kier molecular flexibility index (Phi) is 5.47. The first-order chi connectivity index (χ1) is 14.6. The van der Waals surface area contributed by atoms with Crippen LogP contribution in [0.4, 0.5) is 5.69 Å². The monoisotopic (exact) mass is 406 g/mol. The second-order valence-electron chi connectivity index (χ2n) is 7.25. The Morgan fingerprint density at radius 2 is 2.10 bits per heavy atom. The summed E-state index contributed by atoms with van der Waals surface area (Å²) in [7, 11) is 1.36. The number of amides is 1. The Bertz CT molecular complexity index is 1080. The fourth-order valence-corrected chi connectivity index (χ4v) is 3.88. The molecule has 154 valence electrons.